The van der Waals surface area contributed by atoms with Crippen molar-refractivity contribution >= 4 is 0 Å². The normalized spacial score (nSPS) is 17.3. The summed E-state index contributed by atoms with van der Waals surface area (Å²) in [6, 6.07) is 0. The van der Waals surface area contributed by atoms with Crippen molar-refractivity contribution < 1.29 is 17.9 Å². The van der Waals surface area contributed by atoms with Gasteiger partial charge in [0.15, 0.2) is 12.3 Å². The molecular weight excluding hydrogens is 133 g/mol. The summed E-state index contributed by atoms with van der Waals surface area (Å²) in [7, 11) is 1.23. The lowest BCUT2D eigenvalue weighted by molar-refractivity contribution is 0.0579. The second kappa shape index (κ2) is 4.61. The third-order valence-corrected chi connectivity index (χ3v) is 0.866. The minimum absolute atomic E-state index is 0.384. The summed E-state index contributed by atoms with van der Waals surface area (Å²) >= 11 is 0. The Morgan fingerprint density at radius 3 is 2.22 bits per heavy atom. The zero-order chi connectivity index (χ0) is 7.28. The molecule has 0 saturated heterocycles. The van der Waals surface area contributed by atoms with Crippen LogP contribution in [0.15, 0.2) is 0 Å². The van der Waals surface area contributed by atoms with Crippen molar-refractivity contribution in [3.05, 3.63) is 0 Å². The molecule has 0 fully saturated rings. The van der Waals surface area contributed by atoms with Crippen LogP contribution < -0.4 is 0 Å². The standard InChI is InChI=1S/C5H9F3O/c1-9-3-5(8)4(7)2-6/h4-5H,2-3H2,1H3. The topological polar surface area (TPSA) is 9.23 Å². The highest BCUT2D eigenvalue weighted by atomic mass is 19.2. The molecule has 0 radical (unpaired) electrons. The van der Waals surface area contributed by atoms with Crippen LogP contribution in [0.1, 0.15) is 0 Å². The van der Waals surface area contributed by atoms with Crippen molar-refractivity contribution in [3.8, 4) is 0 Å². The van der Waals surface area contributed by atoms with E-state index >= 15 is 0 Å². The second-order valence-corrected chi connectivity index (χ2v) is 1.64. The predicted octanol–water partition coefficient (Wildman–Crippen LogP) is 1.28. The van der Waals surface area contributed by atoms with Crippen molar-refractivity contribution in [3.63, 3.8) is 0 Å². The Kier molecular flexibility index (Phi) is 4.48. The summed E-state index contributed by atoms with van der Waals surface area (Å²) in [5.74, 6) is 0. The van der Waals surface area contributed by atoms with E-state index < -0.39 is 19.0 Å². The van der Waals surface area contributed by atoms with Gasteiger partial charge >= 0.3 is 0 Å². The molecule has 0 aliphatic carbocycles. The number of rotatable bonds is 4. The van der Waals surface area contributed by atoms with Gasteiger partial charge in [-0.2, -0.15) is 0 Å². The van der Waals surface area contributed by atoms with Gasteiger partial charge in [-0.3, -0.25) is 0 Å². The summed E-state index contributed by atoms with van der Waals surface area (Å²) in [6.07, 6.45) is -3.87. The van der Waals surface area contributed by atoms with Crippen molar-refractivity contribution in [2.75, 3.05) is 20.4 Å². The molecular formula is C5H9F3O. The number of hydrogen-bond acceptors (Lipinski definition) is 1. The molecule has 0 aromatic heterocycles. The van der Waals surface area contributed by atoms with Gasteiger partial charge in [0.25, 0.3) is 0 Å². The lowest BCUT2D eigenvalue weighted by Gasteiger charge is -2.07. The Bertz CT molecular complexity index is 69.2. The Balaban J connectivity index is 3.32. The highest BCUT2D eigenvalue weighted by Crippen LogP contribution is 2.04. The summed E-state index contributed by atoms with van der Waals surface area (Å²) in [4.78, 5) is 0. The molecule has 0 rings (SSSR count). The molecule has 0 aromatic carbocycles. The van der Waals surface area contributed by atoms with Crippen molar-refractivity contribution in [1.82, 2.24) is 0 Å². The Hall–Kier alpha value is -0.250. The average molecular weight is 142 g/mol. The molecule has 0 saturated carbocycles. The molecule has 0 amide bonds. The van der Waals surface area contributed by atoms with E-state index in [0.717, 1.165) is 0 Å². The second-order valence-electron chi connectivity index (χ2n) is 1.64. The van der Waals surface area contributed by atoms with Crippen molar-refractivity contribution in [2.24, 2.45) is 0 Å². The summed E-state index contributed by atoms with van der Waals surface area (Å²) < 4.78 is 39.5. The van der Waals surface area contributed by atoms with E-state index in [-0.39, 0.29) is 6.61 Å². The summed E-state index contributed by atoms with van der Waals surface area (Å²) in [5.41, 5.74) is 0. The number of methoxy groups -OCH3 is 1. The van der Waals surface area contributed by atoms with Crippen LogP contribution in [0.25, 0.3) is 0 Å². The molecule has 0 N–H and O–H groups in total. The van der Waals surface area contributed by atoms with Gasteiger partial charge in [0.05, 0.1) is 6.61 Å². The molecule has 0 bridgehead atoms. The van der Waals surface area contributed by atoms with E-state index in [1.165, 1.54) is 7.11 Å². The van der Waals surface area contributed by atoms with Crippen molar-refractivity contribution in [2.45, 2.75) is 12.3 Å². The highest BCUT2D eigenvalue weighted by molar-refractivity contribution is 4.65. The van der Waals surface area contributed by atoms with E-state index in [2.05, 4.69) is 4.74 Å². The Morgan fingerprint density at radius 1 is 1.33 bits per heavy atom. The molecule has 2 atom stereocenters. The predicted molar refractivity (Wildman–Crippen MR) is 27.6 cm³/mol. The highest BCUT2D eigenvalue weighted by Gasteiger charge is 2.19. The minimum Gasteiger partial charge on any atom is -0.382 e. The van der Waals surface area contributed by atoms with Gasteiger partial charge in [-0.05, 0) is 0 Å². The lowest BCUT2D eigenvalue weighted by atomic mass is 10.3. The van der Waals surface area contributed by atoms with Crippen LogP contribution in [0.2, 0.25) is 0 Å². The molecule has 0 aliphatic rings. The molecule has 0 aliphatic heterocycles. The van der Waals surface area contributed by atoms with Crippen LogP contribution in [0.4, 0.5) is 13.2 Å². The summed E-state index contributed by atoms with van der Waals surface area (Å²) in [5, 5.41) is 0. The number of halogens is 3. The van der Waals surface area contributed by atoms with Crippen LogP contribution in [-0.2, 0) is 4.74 Å². The third kappa shape index (κ3) is 3.35. The van der Waals surface area contributed by atoms with Gasteiger partial charge in [0, 0.05) is 7.11 Å². The van der Waals surface area contributed by atoms with Gasteiger partial charge in [-0.15, -0.1) is 0 Å². The SMILES string of the molecule is COCC(F)C(F)CF. The molecule has 0 spiro atoms. The first-order valence-corrected chi connectivity index (χ1v) is 2.55. The number of alkyl halides is 3. The minimum atomic E-state index is -2.04. The van der Waals surface area contributed by atoms with Crippen LogP contribution >= 0.6 is 0 Å². The van der Waals surface area contributed by atoms with Gasteiger partial charge in [0.1, 0.15) is 6.67 Å². The largest absolute Gasteiger partial charge is 0.382 e. The van der Waals surface area contributed by atoms with E-state index in [0.29, 0.717) is 0 Å². The molecule has 0 heterocycles. The monoisotopic (exact) mass is 142 g/mol. The average Bonchev–Trinajstić information content (AvgIpc) is 1.87. The maximum absolute atomic E-state index is 12.1. The third-order valence-electron chi connectivity index (χ3n) is 0.866. The van der Waals surface area contributed by atoms with Crippen molar-refractivity contribution in [1.29, 1.82) is 0 Å². The zero-order valence-corrected chi connectivity index (χ0v) is 5.11. The Morgan fingerprint density at radius 2 is 1.89 bits per heavy atom. The first-order valence-electron chi connectivity index (χ1n) is 2.55. The fourth-order valence-electron chi connectivity index (χ4n) is 0.360. The van der Waals surface area contributed by atoms with Crippen LogP contribution in [0.3, 0.4) is 0 Å². The number of ether oxygens (including phenoxy) is 1. The van der Waals surface area contributed by atoms with Gasteiger partial charge in [-0.1, -0.05) is 0 Å². The molecule has 9 heavy (non-hydrogen) atoms. The molecule has 4 heteroatoms. The van der Waals surface area contributed by atoms with Crippen LogP contribution in [-0.4, -0.2) is 32.7 Å². The maximum atomic E-state index is 12.1. The van der Waals surface area contributed by atoms with E-state index in [9.17, 15) is 13.2 Å². The lowest BCUT2D eigenvalue weighted by Crippen LogP contribution is -2.23. The van der Waals surface area contributed by atoms with E-state index in [1.54, 1.807) is 0 Å². The van der Waals surface area contributed by atoms with Gasteiger partial charge in [0.2, 0.25) is 0 Å². The zero-order valence-electron chi connectivity index (χ0n) is 5.11. The maximum Gasteiger partial charge on any atom is 0.162 e. The van der Waals surface area contributed by atoms with Crippen LogP contribution in [0.5, 0.6) is 0 Å². The molecule has 2 unspecified atom stereocenters. The molecule has 0 aromatic rings. The van der Waals surface area contributed by atoms with E-state index in [4.69, 9.17) is 0 Å². The smallest absolute Gasteiger partial charge is 0.162 e. The first-order chi connectivity index (χ1) is 4.22. The fourth-order valence-corrected chi connectivity index (χ4v) is 0.360. The van der Waals surface area contributed by atoms with Gasteiger partial charge < -0.3 is 4.74 Å². The van der Waals surface area contributed by atoms with Crippen LogP contribution in [0, 0.1) is 0 Å². The van der Waals surface area contributed by atoms with E-state index in [1.807, 2.05) is 0 Å². The Labute approximate surface area is 51.8 Å². The fraction of sp³-hybridized carbons (Fsp3) is 1.00. The quantitative estimate of drug-likeness (QED) is 0.574. The van der Waals surface area contributed by atoms with Gasteiger partial charge in [-0.25, -0.2) is 13.2 Å². The number of hydrogen-bond donors (Lipinski definition) is 0. The first kappa shape index (κ1) is 8.75. The summed E-state index contributed by atoms with van der Waals surface area (Å²) in [6.45, 7) is -1.67. The molecule has 56 valence electrons. The molecule has 1 nitrogen and oxygen atoms in total.